The van der Waals surface area contributed by atoms with Gasteiger partial charge in [0.2, 0.25) is 0 Å². The van der Waals surface area contributed by atoms with E-state index in [1.54, 1.807) is 6.08 Å². The lowest BCUT2D eigenvalue weighted by atomic mass is 9.46. The summed E-state index contributed by atoms with van der Waals surface area (Å²) in [7, 11) is 0. The quantitative estimate of drug-likeness (QED) is 0.0765. The van der Waals surface area contributed by atoms with Crippen LogP contribution < -0.4 is 5.73 Å². The highest BCUT2D eigenvalue weighted by Crippen LogP contribution is 2.66. The van der Waals surface area contributed by atoms with Crippen molar-refractivity contribution in [2.45, 2.75) is 96.3 Å². The molecule has 0 bridgehead atoms. The molecular weight excluding hydrogens is 728 g/mol. The largest absolute Gasteiger partial charge is 0.481 e. The van der Waals surface area contributed by atoms with E-state index < -0.39 is 89.0 Å². The molecule has 302 valence electrons. The highest BCUT2D eigenvalue weighted by atomic mass is 17.0. The molecule has 0 aromatic heterocycles. The van der Waals surface area contributed by atoms with Crippen molar-refractivity contribution >= 4 is 29.5 Å². The number of hydrogen-bond donors (Lipinski definition) is 3. The third-order valence-electron chi connectivity index (χ3n) is 11.1. The number of aliphatic carboxylic acids is 1. The third-order valence-corrected chi connectivity index (χ3v) is 11.1. The number of nitrogens with two attached hydrogens (primary N) is 1. The molecule has 3 saturated carbocycles. The van der Waals surface area contributed by atoms with Gasteiger partial charge in [0.05, 0.1) is 19.1 Å². The Morgan fingerprint density at radius 3 is 2.30 bits per heavy atom. The van der Waals surface area contributed by atoms with Gasteiger partial charge in [-0.3, -0.25) is 24.0 Å². The van der Waals surface area contributed by atoms with Gasteiger partial charge in [-0.2, -0.15) is 0 Å². The Bertz CT molecular complexity index is 1470. The molecule has 9 unspecified atom stereocenters. The van der Waals surface area contributed by atoms with Crippen LogP contribution in [0.15, 0.2) is 11.6 Å². The van der Waals surface area contributed by atoms with E-state index in [-0.39, 0.29) is 54.2 Å². The summed E-state index contributed by atoms with van der Waals surface area (Å²) in [5, 5.41) is 46.5. The van der Waals surface area contributed by atoms with Crippen LogP contribution in [-0.2, 0) is 48.0 Å². The summed E-state index contributed by atoms with van der Waals surface area (Å²) in [6.45, 7) is 1.82. The number of allylic oxidation sites excluding steroid dienone is 1. The minimum atomic E-state index is -1.61. The predicted molar refractivity (Wildman–Crippen MR) is 176 cm³/mol. The molecular formula is C32H46N4O18. The number of esters is 2. The average molecular weight is 775 g/mol. The molecule has 0 heterocycles. The molecule has 0 aliphatic heterocycles. The van der Waals surface area contributed by atoms with E-state index in [4.69, 9.17) is 20.3 Å². The number of rotatable bonds is 18. The molecule has 9 atom stereocenters. The van der Waals surface area contributed by atoms with E-state index in [0.717, 1.165) is 31.3 Å². The third kappa shape index (κ3) is 11.3. The van der Waals surface area contributed by atoms with E-state index in [0.29, 0.717) is 19.3 Å². The number of carboxylic acid groups (broad SMARTS) is 1. The zero-order chi connectivity index (χ0) is 40.4. The van der Waals surface area contributed by atoms with Gasteiger partial charge in [-0.1, -0.05) is 19.4 Å². The first-order valence-electron chi connectivity index (χ1n) is 17.4. The standard InChI is InChI=1S/C28H39N3O13.C4H7NO5/c1-27-8-7-16(32)9-15(27)3-4-18-19-5-6-20(28(19,2)11-22(33)25(18)27)23(34)14-41-24(35)10-21(29)26(36)42-12-17(44-31(39)40)13-43-30(37)38;6-4(7)2-1-3-10-5(8)9/h9,17-22,25,33H,3-8,10-14,29H2,1-2H3;1-3H2,(H,6,7). The molecule has 4 N–H and O–H groups in total. The van der Waals surface area contributed by atoms with Crippen molar-refractivity contribution in [1.29, 1.82) is 0 Å². The van der Waals surface area contributed by atoms with Gasteiger partial charge in [-0.25, -0.2) is 0 Å². The van der Waals surface area contributed by atoms with Crippen LogP contribution in [0.5, 0.6) is 0 Å². The smallest absolute Gasteiger partial charge is 0.323 e. The van der Waals surface area contributed by atoms with Gasteiger partial charge in [0.25, 0.3) is 15.3 Å². The first kappa shape index (κ1) is 43.4. The summed E-state index contributed by atoms with van der Waals surface area (Å²) in [6, 6.07) is -1.54. The van der Waals surface area contributed by atoms with Gasteiger partial charge in [0.15, 0.2) is 17.7 Å². The van der Waals surface area contributed by atoms with E-state index in [1.807, 2.05) is 6.92 Å². The average Bonchev–Trinajstić information content (AvgIpc) is 3.43. The Hall–Kier alpha value is -4.99. The van der Waals surface area contributed by atoms with Crippen molar-refractivity contribution < 1.29 is 73.4 Å². The van der Waals surface area contributed by atoms with E-state index in [9.17, 15) is 59.4 Å². The van der Waals surface area contributed by atoms with Crippen molar-refractivity contribution in [1.82, 2.24) is 0 Å². The minimum absolute atomic E-state index is 0.0172. The van der Waals surface area contributed by atoms with Crippen LogP contribution in [-0.4, -0.2) is 99.6 Å². The molecule has 4 aliphatic rings. The Kier molecular flexibility index (Phi) is 15.2. The fourth-order valence-corrected chi connectivity index (χ4v) is 8.81. The lowest BCUT2D eigenvalue weighted by Gasteiger charge is -2.59. The lowest BCUT2D eigenvalue weighted by Crippen LogP contribution is -2.57. The molecule has 0 spiro atoms. The fourth-order valence-electron chi connectivity index (χ4n) is 8.81. The Morgan fingerprint density at radius 1 is 0.981 bits per heavy atom. The van der Waals surface area contributed by atoms with Crippen LogP contribution in [0.2, 0.25) is 0 Å². The zero-order valence-electron chi connectivity index (χ0n) is 29.9. The predicted octanol–water partition coefficient (Wildman–Crippen LogP) is 1.32. The first-order valence-corrected chi connectivity index (χ1v) is 17.4. The number of ether oxygens (including phenoxy) is 2. The van der Waals surface area contributed by atoms with Gasteiger partial charge >= 0.3 is 17.9 Å². The highest BCUT2D eigenvalue weighted by Gasteiger charge is 2.63. The van der Waals surface area contributed by atoms with Gasteiger partial charge in [-0.05, 0) is 79.6 Å². The zero-order valence-corrected chi connectivity index (χ0v) is 29.9. The Balaban J connectivity index is 0.000000687. The number of nitrogens with zero attached hydrogens (tertiary/aromatic N) is 3. The molecule has 3 fully saturated rings. The maximum absolute atomic E-state index is 13.3. The molecule has 22 nitrogen and oxygen atoms in total. The number of Topliss-reactive ketones (excluding diaryl/α,β-unsaturated/α-hetero) is 1. The maximum Gasteiger partial charge on any atom is 0.323 e. The molecule has 0 amide bonds. The number of carbonyl (C=O) groups is 5. The van der Waals surface area contributed by atoms with Gasteiger partial charge in [0, 0.05) is 18.8 Å². The number of aliphatic hydroxyl groups is 1. The van der Waals surface area contributed by atoms with Gasteiger partial charge in [0.1, 0.15) is 25.9 Å². The lowest BCUT2D eigenvalue weighted by molar-refractivity contribution is -0.790. The number of hydrogen-bond acceptors (Lipinski definition) is 18. The number of aliphatic hydroxyl groups excluding tert-OH is 1. The van der Waals surface area contributed by atoms with E-state index in [1.165, 1.54) is 0 Å². The van der Waals surface area contributed by atoms with Gasteiger partial charge in [-0.15, -0.1) is 30.3 Å². The molecule has 4 aliphatic carbocycles. The summed E-state index contributed by atoms with van der Waals surface area (Å²) in [6.07, 6.45) is 3.64. The summed E-state index contributed by atoms with van der Waals surface area (Å²) < 4.78 is 9.91. The molecule has 54 heavy (non-hydrogen) atoms. The number of ketones is 2. The van der Waals surface area contributed by atoms with Gasteiger partial charge < -0.3 is 39.9 Å². The molecule has 0 saturated heterocycles. The molecule has 0 radical (unpaired) electrons. The van der Waals surface area contributed by atoms with Crippen molar-refractivity contribution in [3.8, 4) is 0 Å². The van der Waals surface area contributed by atoms with Crippen molar-refractivity contribution in [2.75, 3.05) is 26.4 Å². The molecule has 0 aromatic carbocycles. The summed E-state index contributed by atoms with van der Waals surface area (Å²) in [5.41, 5.74) is 6.10. The summed E-state index contributed by atoms with van der Waals surface area (Å²) >= 11 is 0. The maximum atomic E-state index is 13.3. The second-order valence-corrected chi connectivity index (χ2v) is 14.4. The Labute approximate surface area is 307 Å². The van der Waals surface area contributed by atoms with Crippen LogP contribution in [0.4, 0.5) is 0 Å². The topological polar surface area (TPSA) is 327 Å². The first-order chi connectivity index (χ1) is 25.3. The fraction of sp³-hybridized carbons (Fsp3) is 0.781. The second kappa shape index (κ2) is 18.9. The van der Waals surface area contributed by atoms with Crippen molar-refractivity contribution in [3.63, 3.8) is 0 Å². The highest BCUT2D eigenvalue weighted by molar-refractivity contribution is 5.91. The number of carboxylic acids is 1. The van der Waals surface area contributed by atoms with E-state index in [2.05, 4.69) is 21.4 Å². The normalized spacial score (nSPS) is 29.1. The molecule has 4 rings (SSSR count). The second-order valence-electron chi connectivity index (χ2n) is 14.4. The van der Waals surface area contributed by atoms with E-state index >= 15 is 0 Å². The summed E-state index contributed by atoms with van der Waals surface area (Å²) in [4.78, 5) is 102. The summed E-state index contributed by atoms with van der Waals surface area (Å²) in [5.74, 6) is -3.19. The number of fused-ring (bicyclic) bond motifs is 5. The molecule has 0 aromatic rings. The van der Waals surface area contributed by atoms with Crippen LogP contribution in [0.1, 0.15) is 78.1 Å². The van der Waals surface area contributed by atoms with Crippen LogP contribution in [0.3, 0.4) is 0 Å². The molecule has 22 heteroatoms. The van der Waals surface area contributed by atoms with Crippen LogP contribution >= 0.6 is 0 Å². The minimum Gasteiger partial charge on any atom is -0.481 e. The SMILES string of the molecule is CC12CCC(=O)C=C1CCC1C2C(O)CC2(C)C(C(=O)COC(=O)CC(N)C(=O)OCC(CO[N+](=O)[O-])O[N+](=O)[O-])CCC12.O=C(O)CCCO[N+](=O)[O-]. The van der Waals surface area contributed by atoms with Crippen LogP contribution in [0.25, 0.3) is 0 Å². The van der Waals surface area contributed by atoms with Crippen LogP contribution in [0, 0.1) is 64.8 Å². The van der Waals surface area contributed by atoms with Crippen molar-refractivity contribution in [3.05, 3.63) is 42.0 Å². The Morgan fingerprint density at radius 2 is 1.67 bits per heavy atom. The number of carbonyl (C=O) groups excluding carboxylic acids is 4. The van der Waals surface area contributed by atoms with Crippen molar-refractivity contribution in [2.24, 2.45) is 40.2 Å². The monoisotopic (exact) mass is 774 g/mol.